The van der Waals surface area contributed by atoms with Crippen LogP contribution in [-0.2, 0) is 0 Å². The molecular formula is C32H46N2+2. The Morgan fingerprint density at radius 3 is 1.26 bits per heavy atom. The van der Waals surface area contributed by atoms with Crippen molar-refractivity contribution >= 4 is 0 Å². The SMILES string of the molecule is c1ccc(C2C[N+]3(CCCCCC[N+]45CCC(CC4)C(c4ccccc4)C5)CCC2CC3)cc1. The molecule has 6 saturated heterocycles. The number of unbranched alkanes of at least 4 members (excludes halogenated alkanes) is 3. The van der Waals surface area contributed by atoms with Gasteiger partial charge in [-0.15, -0.1) is 0 Å². The minimum Gasteiger partial charge on any atom is -0.323 e. The van der Waals surface area contributed by atoms with Crippen LogP contribution >= 0.6 is 0 Å². The molecule has 182 valence electrons. The van der Waals surface area contributed by atoms with Gasteiger partial charge in [0, 0.05) is 37.5 Å². The molecule has 6 aliphatic heterocycles. The van der Waals surface area contributed by atoms with Crippen LogP contribution in [0.4, 0.5) is 0 Å². The van der Waals surface area contributed by atoms with Gasteiger partial charge in [-0.05, 0) is 48.6 Å². The summed E-state index contributed by atoms with van der Waals surface area (Å²) in [6.45, 7) is 11.5. The van der Waals surface area contributed by atoms with E-state index in [4.69, 9.17) is 0 Å². The zero-order valence-corrected chi connectivity index (χ0v) is 21.3. The lowest BCUT2D eigenvalue weighted by Gasteiger charge is -2.53. The summed E-state index contributed by atoms with van der Waals surface area (Å²) in [5.41, 5.74) is 3.23. The number of rotatable bonds is 9. The van der Waals surface area contributed by atoms with Crippen molar-refractivity contribution in [3.8, 4) is 0 Å². The van der Waals surface area contributed by atoms with Crippen LogP contribution in [0.2, 0.25) is 0 Å². The van der Waals surface area contributed by atoms with Crippen LogP contribution < -0.4 is 0 Å². The van der Waals surface area contributed by atoms with Gasteiger partial charge in [-0.1, -0.05) is 60.7 Å². The lowest BCUT2D eigenvalue weighted by molar-refractivity contribution is -0.945. The molecule has 8 rings (SSSR count). The molecule has 0 N–H and O–H groups in total. The fourth-order valence-corrected chi connectivity index (χ4v) is 8.61. The van der Waals surface area contributed by atoms with Crippen molar-refractivity contribution in [1.82, 2.24) is 0 Å². The van der Waals surface area contributed by atoms with Gasteiger partial charge in [0.15, 0.2) is 0 Å². The summed E-state index contributed by atoms with van der Waals surface area (Å²) < 4.78 is 2.85. The summed E-state index contributed by atoms with van der Waals surface area (Å²) in [6.07, 6.45) is 11.6. The normalized spacial score (nSPS) is 36.6. The predicted molar refractivity (Wildman–Crippen MR) is 142 cm³/mol. The van der Waals surface area contributed by atoms with Gasteiger partial charge in [0.2, 0.25) is 0 Å². The van der Waals surface area contributed by atoms with E-state index in [1.807, 2.05) is 0 Å². The second-order valence-electron chi connectivity index (χ2n) is 12.5. The standard InChI is InChI=1S/C32H46N2/c1(9-19-33-21-15-29(16-22-33)31(25-33)27-11-5-3-6-12-27)2-10-20-34-23-17-30(18-24-34)32(26-34)28-13-7-4-8-14-28/h3-8,11-14,29-32H,1-2,9-10,15-26H2/q+2. The average Bonchev–Trinajstić information content (AvgIpc) is 2.93. The first-order chi connectivity index (χ1) is 16.7. The maximum absolute atomic E-state index is 2.39. The average molecular weight is 459 g/mol. The second-order valence-corrected chi connectivity index (χ2v) is 12.5. The Kier molecular flexibility index (Phi) is 6.56. The number of quaternary nitrogens is 2. The van der Waals surface area contributed by atoms with Crippen molar-refractivity contribution in [2.24, 2.45) is 11.8 Å². The maximum atomic E-state index is 2.39. The van der Waals surface area contributed by atoms with Gasteiger partial charge in [0.1, 0.15) is 0 Å². The van der Waals surface area contributed by atoms with E-state index in [0.29, 0.717) is 0 Å². The summed E-state index contributed by atoms with van der Waals surface area (Å²) in [5, 5.41) is 0. The molecule has 0 spiro atoms. The van der Waals surface area contributed by atoms with Crippen molar-refractivity contribution in [3.63, 3.8) is 0 Å². The highest BCUT2D eigenvalue weighted by molar-refractivity contribution is 5.22. The molecule has 34 heavy (non-hydrogen) atoms. The van der Waals surface area contributed by atoms with Crippen molar-refractivity contribution in [2.75, 3.05) is 52.4 Å². The molecule has 4 bridgehead atoms. The fraction of sp³-hybridized carbons (Fsp3) is 0.625. The van der Waals surface area contributed by atoms with E-state index >= 15 is 0 Å². The lowest BCUT2D eigenvalue weighted by Crippen LogP contribution is -2.61. The van der Waals surface area contributed by atoms with E-state index < -0.39 is 0 Å². The molecule has 6 heterocycles. The number of hydrogen-bond acceptors (Lipinski definition) is 0. The number of hydrogen-bond donors (Lipinski definition) is 0. The van der Waals surface area contributed by atoms with E-state index in [2.05, 4.69) is 60.7 Å². The summed E-state index contributed by atoms with van der Waals surface area (Å²) in [4.78, 5) is 0. The summed E-state index contributed by atoms with van der Waals surface area (Å²) in [7, 11) is 0. The number of nitrogens with zero attached hydrogens (tertiary/aromatic N) is 2. The van der Waals surface area contributed by atoms with Gasteiger partial charge in [-0.2, -0.15) is 0 Å². The molecule has 6 fully saturated rings. The Morgan fingerprint density at radius 2 is 0.882 bits per heavy atom. The molecule has 0 aliphatic carbocycles. The van der Waals surface area contributed by atoms with E-state index in [9.17, 15) is 0 Å². The highest BCUT2D eigenvalue weighted by Gasteiger charge is 2.47. The molecule has 0 saturated carbocycles. The van der Waals surface area contributed by atoms with Crippen molar-refractivity contribution in [1.29, 1.82) is 0 Å². The molecule has 2 heteroatoms. The van der Waals surface area contributed by atoms with E-state index in [1.165, 1.54) is 113 Å². The first-order valence-electron chi connectivity index (χ1n) is 14.5. The van der Waals surface area contributed by atoms with Gasteiger partial charge >= 0.3 is 0 Å². The van der Waals surface area contributed by atoms with Gasteiger partial charge < -0.3 is 8.97 Å². The topological polar surface area (TPSA) is 0 Å². The van der Waals surface area contributed by atoms with E-state index in [1.54, 1.807) is 11.1 Å². The van der Waals surface area contributed by atoms with Gasteiger partial charge in [0.25, 0.3) is 0 Å². The molecule has 0 aromatic heterocycles. The van der Waals surface area contributed by atoms with Gasteiger partial charge in [-0.25, -0.2) is 0 Å². The monoisotopic (exact) mass is 458 g/mol. The maximum Gasteiger partial charge on any atom is 0.0859 e. The smallest absolute Gasteiger partial charge is 0.0859 e. The van der Waals surface area contributed by atoms with E-state index in [-0.39, 0.29) is 0 Å². The van der Waals surface area contributed by atoms with E-state index in [0.717, 1.165) is 23.7 Å². The Balaban J connectivity index is 0.966. The number of benzene rings is 2. The molecular weight excluding hydrogens is 412 g/mol. The summed E-state index contributed by atoms with van der Waals surface area (Å²) in [6, 6.07) is 22.9. The van der Waals surface area contributed by atoms with Crippen molar-refractivity contribution in [3.05, 3.63) is 71.8 Å². The van der Waals surface area contributed by atoms with Crippen molar-refractivity contribution < 1.29 is 8.97 Å². The third-order valence-corrected chi connectivity index (χ3v) is 10.7. The van der Waals surface area contributed by atoms with Crippen LogP contribution in [0, 0.1) is 11.8 Å². The first-order valence-corrected chi connectivity index (χ1v) is 14.5. The molecule has 0 radical (unpaired) electrons. The minimum atomic E-state index is 0.819. The van der Waals surface area contributed by atoms with Crippen LogP contribution in [0.5, 0.6) is 0 Å². The quantitative estimate of drug-likeness (QED) is 0.293. The summed E-state index contributed by atoms with van der Waals surface area (Å²) in [5.74, 6) is 3.53. The molecule has 0 amide bonds. The number of piperidine rings is 6. The second kappa shape index (κ2) is 9.78. The third-order valence-electron chi connectivity index (χ3n) is 10.7. The van der Waals surface area contributed by atoms with Crippen LogP contribution in [0.3, 0.4) is 0 Å². The Hall–Kier alpha value is -1.64. The first kappa shape index (κ1) is 22.8. The molecule has 2 aromatic carbocycles. The Labute approximate surface area is 208 Å². The van der Waals surface area contributed by atoms with Crippen LogP contribution in [-0.4, -0.2) is 61.3 Å². The Bertz CT molecular complexity index is 829. The minimum absolute atomic E-state index is 0.819. The highest BCUT2D eigenvalue weighted by atomic mass is 15.4. The van der Waals surface area contributed by atoms with Gasteiger partial charge in [-0.3, -0.25) is 0 Å². The highest BCUT2D eigenvalue weighted by Crippen LogP contribution is 2.44. The zero-order valence-electron chi connectivity index (χ0n) is 21.3. The largest absolute Gasteiger partial charge is 0.323 e. The molecule has 2 nitrogen and oxygen atoms in total. The van der Waals surface area contributed by atoms with Crippen LogP contribution in [0.1, 0.15) is 74.3 Å². The molecule has 2 unspecified atom stereocenters. The zero-order chi connectivity index (χ0) is 22.8. The van der Waals surface area contributed by atoms with Crippen LogP contribution in [0.15, 0.2) is 60.7 Å². The molecule has 6 aliphatic rings. The molecule has 2 atom stereocenters. The number of fused-ring (bicyclic) bond motifs is 6. The Morgan fingerprint density at radius 1 is 0.500 bits per heavy atom. The van der Waals surface area contributed by atoms with Crippen molar-refractivity contribution in [2.45, 2.75) is 63.2 Å². The predicted octanol–water partition coefficient (Wildman–Crippen LogP) is 6.60. The fourth-order valence-electron chi connectivity index (χ4n) is 8.61. The third kappa shape index (κ3) is 4.61. The van der Waals surface area contributed by atoms with Gasteiger partial charge in [0.05, 0.1) is 52.4 Å². The summed E-state index contributed by atoms with van der Waals surface area (Å²) >= 11 is 0. The van der Waals surface area contributed by atoms with Crippen LogP contribution in [0.25, 0.3) is 0 Å². The molecule has 2 aromatic rings. The lowest BCUT2D eigenvalue weighted by atomic mass is 9.73.